The third-order valence-corrected chi connectivity index (χ3v) is 3.40. The first-order valence-electron chi connectivity index (χ1n) is 5.44. The fourth-order valence-electron chi connectivity index (χ4n) is 1.33. The Morgan fingerprint density at radius 1 is 0.957 bits per heavy atom. The molecule has 0 aliphatic heterocycles. The number of rotatable bonds is 4. The second kappa shape index (κ2) is 6.42. The van der Waals surface area contributed by atoms with Gasteiger partial charge in [0.05, 0.1) is 0 Å². The van der Waals surface area contributed by atoms with Gasteiger partial charge in [-0.05, 0) is 18.2 Å². The normalized spacial score (nSPS) is 14.0. The molecular formula is C12H5Br2F7O2. The lowest BCUT2D eigenvalue weighted by Gasteiger charge is -2.26. The summed E-state index contributed by atoms with van der Waals surface area (Å²) in [7, 11) is 0. The lowest BCUT2D eigenvalue weighted by molar-refractivity contribution is -0.342. The van der Waals surface area contributed by atoms with Crippen LogP contribution in [0.2, 0.25) is 0 Å². The van der Waals surface area contributed by atoms with E-state index in [4.69, 9.17) is 0 Å². The highest BCUT2D eigenvalue weighted by molar-refractivity contribution is 9.11. The van der Waals surface area contributed by atoms with Crippen LogP contribution >= 0.6 is 31.9 Å². The first kappa shape index (κ1) is 19.9. The van der Waals surface area contributed by atoms with E-state index in [9.17, 15) is 40.6 Å². The molecule has 1 N–H and O–H groups in total. The maximum atomic E-state index is 13.1. The molecule has 2 nitrogen and oxygen atoms in total. The summed E-state index contributed by atoms with van der Waals surface area (Å²) < 4.78 is 88.3. The number of aliphatic hydroxyl groups is 1. The summed E-state index contributed by atoms with van der Waals surface area (Å²) in [6.07, 6.45) is -7.01. The topological polar surface area (TPSA) is 37.3 Å². The van der Waals surface area contributed by atoms with Crippen molar-refractivity contribution in [1.29, 1.82) is 0 Å². The number of carbonyl (C=O) groups is 1. The largest absolute Gasteiger partial charge is 0.507 e. The van der Waals surface area contributed by atoms with Gasteiger partial charge in [-0.3, -0.25) is 4.79 Å². The lowest BCUT2D eigenvalue weighted by Crippen LogP contribution is -2.55. The van der Waals surface area contributed by atoms with Gasteiger partial charge in [-0.2, -0.15) is 30.7 Å². The van der Waals surface area contributed by atoms with E-state index in [0.29, 0.717) is 8.95 Å². The van der Waals surface area contributed by atoms with Gasteiger partial charge >= 0.3 is 18.0 Å². The molecule has 0 aromatic heterocycles. The minimum atomic E-state index is -6.63. The summed E-state index contributed by atoms with van der Waals surface area (Å²) in [5, 5.41) is 9.51. The van der Waals surface area contributed by atoms with Gasteiger partial charge in [-0.15, -0.1) is 0 Å². The highest BCUT2D eigenvalue weighted by Gasteiger charge is 2.75. The van der Waals surface area contributed by atoms with Crippen LogP contribution in [-0.4, -0.2) is 28.9 Å². The van der Waals surface area contributed by atoms with Crippen LogP contribution in [0.3, 0.4) is 0 Å². The average Bonchev–Trinajstić information content (AvgIpc) is 2.35. The van der Waals surface area contributed by atoms with E-state index in [1.165, 1.54) is 6.07 Å². The fourth-order valence-corrected chi connectivity index (χ4v) is 2.63. The van der Waals surface area contributed by atoms with Crippen molar-refractivity contribution < 1.29 is 40.6 Å². The molecule has 0 atom stereocenters. The van der Waals surface area contributed by atoms with Crippen molar-refractivity contribution in [1.82, 2.24) is 0 Å². The van der Waals surface area contributed by atoms with Crippen molar-refractivity contribution in [2.24, 2.45) is 0 Å². The van der Waals surface area contributed by atoms with Crippen LogP contribution in [0.1, 0.15) is 5.56 Å². The summed E-state index contributed by atoms with van der Waals surface area (Å²) in [6, 6.07) is 3.72. The van der Waals surface area contributed by atoms with Crippen LogP contribution in [0.15, 0.2) is 33.2 Å². The summed E-state index contributed by atoms with van der Waals surface area (Å²) in [5.41, 5.74) is -0.259. The molecule has 11 heteroatoms. The molecule has 23 heavy (non-hydrogen) atoms. The number of allylic oxidation sites excluding steroid dienone is 1. The van der Waals surface area contributed by atoms with Crippen molar-refractivity contribution in [3.8, 4) is 0 Å². The summed E-state index contributed by atoms with van der Waals surface area (Å²) in [4.78, 5) is 11.1. The van der Waals surface area contributed by atoms with Crippen LogP contribution in [0.5, 0.6) is 0 Å². The Balaban J connectivity index is 3.23. The van der Waals surface area contributed by atoms with Gasteiger partial charge in [-0.1, -0.05) is 31.9 Å². The molecular weight excluding hydrogens is 469 g/mol. The number of aliphatic hydroxyl groups excluding tert-OH is 1. The molecule has 1 rings (SSSR count). The molecule has 1 aromatic rings. The first-order valence-corrected chi connectivity index (χ1v) is 7.02. The molecule has 0 saturated heterocycles. The van der Waals surface area contributed by atoms with Crippen molar-refractivity contribution >= 4 is 43.4 Å². The molecule has 0 heterocycles. The molecule has 0 saturated carbocycles. The number of hydrogen-bond donors (Lipinski definition) is 1. The number of carbonyl (C=O) groups excluding carboxylic acids is 1. The van der Waals surface area contributed by atoms with Crippen molar-refractivity contribution in [3.63, 3.8) is 0 Å². The van der Waals surface area contributed by atoms with Crippen LogP contribution < -0.4 is 0 Å². The van der Waals surface area contributed by atoms with Crippen LogP contribution in [0.25, 0.3) is 5.76 Å². The van der Waals surface area contributed by atoms with E-state index in [2.05, 4.69) is 31.9 Å². The van der Waals surface area contributed by atoms with Crippen LogP contribution in [0.4, 0.5) is 30.7 Å². The summed E-state index contributed by atoms with van der Waals surface area (Å²) in [5.74, 6) is -16.7. The molecule has 0 aliphatic carbocycles. The number of benzene rings is 1. The maximum Gasteiger partial charge on any atom is 0.460 e. The molecule has 0 unspecified atom stereocenters. The molecule has 0 aliphatic rings. The third kappa shape index (κ3) is 4.06. The number of alkyl halides is 7. The van der Waals surface area contributed by atoms with Gasteiger partial charge < -0.3 is 5.11 Å². The minimum Gasteiger partial charge on any atom is -0.507 e. The van der Waals surface area contributed by atoms with E-state index in [0.717, 1.165) is 12.1 Å². The zero-order valence-corrected chi connectivity index (χ0v) is 13.7. The lowest BCUT2D eigenvalue weighted by atomic mass is 10.0. The predicted octanol–water partition coefficient (Wildman–Crippen LogP) is 5.51. The maximum absolute atomic E-state index is 13.1. The monoisotopic (exact) mass is 472 g/mol. The number of ketones is 1. The Hall–Kier alpha value is -1.10. The van der Waals surface area contributed by atoms with Crippen LogP contribution in [-0.2, 0) is 4.79 Å². The number of halogens is 9. The first-order chi connectivity index (χ1) is 10.2. The van der Waals surface area contributed by atoms with Gasteiger partial charge in [0.2, 0.25) is 5.78 Å². The molecule has 128 valence electrons. The highest BCUT2D eigenvalue weighted by Crippen LogP contribution is 2.47. The Bertz CT molecular complexity index is 633. The molecule has 1 aromatic carbocycles. The van der Waals surface area contributed by atoms with Gasteiger partial charge in [0.25, 0.3) is 0 Å². The Morgan fingerprint density at radius 3 is 1.78 bits per heavy atom. The van der Waals surface area contributed by atoms with Gasteiger partial charge in [0.1, 0.15) is 5.76 Å². The second-order valence-corrected chi connectivity index (χ2v) is 6.03. The van der Waals surface area contributed by atoms with E-state index >= 15 is 0 Å². The Morgan fingerprint density at radius 2 is 1.39 bits per heavy atom. The van der Waals surface area contributed by atoms with E-state index in [1.54, 1.807) is 0 Å². The van der Waals surface area contributed by atoms with Crippen molar-refractivity contribution in [3.05, 3.63) is 38.8 Å². The fraction of sp³-hybridized carbons (Fsp3) is 0.250. The molecule has 0 bridgehead atoms. The van der Waals surface area contributed by atoms with Gasteiger partial charge in [0, 0.05) is 20.6 Å². The molecule has 0 spiro atoms. The van der Waals surface area contributed by atoms with E-state index in [-0.39, 0.29) is 11.6 Å². The predicted molar refractivity (Wildman–Crippen MR) is 73.4 cm³/mol. The Kier molecular flexibility index (Phi) is 5.57. The SMILES string of the molecule is O=C(/C=C(\O)c1cc(Br)cc(Br)c1)C(F)(F)C(F)(F)C(F)(F)F. The molecule has 0 radical (unpaired) electrons. The smallest absolute Gasteiger partial charge is 0.460 e. The van der Waals surface area contributed by atoms with E-state index in [1.807, 2.05) is 0 Å². The van der Waals surface area contributed by atoms with E-state index < -0.39 is 29.6 Å². The third-order valence-electron chi connectivity index (χ3n) is 2.49. The van der Waals surface area contributed by atoms with Gasteiger partial charge in [-0.25, -0.2) is 0 Å². The van der Waals surface area contributed by atoms with Crippen LogP contribution in [0, 0.1) is 0 Å². The second-order valence-electron chi connectivity index (χ2n) is 4.20. The highest BCUT2D eigenvalue weighted by atomic mass is 79.9. The summed E-state index contributed by atoms with van der Waals surface area (Å²) >= 11 is 5.95. The zero-order chi connectivity index (χ0) is 18.2. The minimum absolute atomic E-state index is 0.259. The van der Waals surface area contributed by atoms with Gasteiger partial charge in [0.15, 0.2) is 0 Å². The molecule has 0 amide bonds. The quantitative estimate of drug-likeness (QED) is 0.355. The zero-order valence-electron chi connectivity index (χ0n) is 10.6. The average molecular weight is 474 g/mol. The Labute approximate surface area is 141 Å². The summed E-state index contributed by atoms with van der Waals surface area (Å²) in [6.45, 7) is 0. The van der Waals surface area contributed by atoms with Crippen molar-refractivity contribution in [2.75, 3.05) is 0 Å². The molecule has 0 fully saturated rings. The number of hydrogen-bond acceptors (Lipinski definition) is 2. The van der Waals surface area contributed by atoms with Crippen molar-refractivity contribution in [2.45, 2.75) is 18.0 Å². The standard InChI is InChI=1S/C12H5Br2F7O2/c13-6-1-5(2-7(14)3-6)8(22)4-9(23)10(15,16)11(17,18)12(19,20)21/h1-4,22H/b8-4-.